The van der Waals surface area contributed by atoms with Gasteiger partial charge in [0.25, 0.3) is 17.7 Å². The monoisotopic (exact) mass is 965 g/mol. The summed E-state index contributed by atoms with van der Waals surface area (Å²) in [6.07, 6.45) is 3.50. The Hall–Kier alpha value is -8.36. The molecule has 5 N–H and O–H groups in total. The predicted octanol–water partition coefficient (Wildman–Crippen LogP) is 4.59. The van der Waals surface area contributed by atoms with E-state index in [0.717, 1.165) is 44.7 Å². The first-order valence-corrected chi connectivity index (χ1v) is 23.5. The van der Waals surface area contributed by atoms with Crippen molar-refractivity contribution in [2.24, 2.45) is 23.3 Å². The second kappa shape index (κ2) is 19.2. The van der Waals surface area contributed by atoms with Gasteiger partial charge in [0.15, 0.2) is 0 Å². The molecule has 1 aliphatic carbocycles. The summed E-state index contributed by atoms with van der Waals surface area (Å²) in [6, 6.07) is 14.2. The molecule has 1 fully saturated rings. The maximum atomic E-state index is 14.0. The fraction of sp³-hybridized carbons (Fsp3) is 0.360. The molecule has 7 aromatic rings. The van der Waals surface area contributed by atoms with Crippen LogP contribution in [0.2, 0.25) is 0 Å². The highest BCUT2D eigenvalue weighted by atomic mass is 16.5. The van der Waals surface area contributed by atoms with E-state index in [1.165, 1.54) is 17.1 Å². The molecule has 71 heavy (non-hydrogen) atoms. The van der Waals surface area contributed by atoms with E-state index in [-0.39, 0.29) is 48.8 Å². The summed E-state index contributed by atoms with van der Waals surface area (Å²) in [7, 11) is 3.19. The third-order valence-electron chi connectivity index (χ3n) is 13.2. The lowest BCUT2D eigenvalue weighted by Gasteiger charge is -2.19. The highest BCUT2D eigenvalue weighted by Crippen LogP contribution is 2.46. The topological polar surface area (TPSA) is 263 Å². The Morgan fingerprint density at radius 3 is 2.15 bits per heavy atom. The highest BCUT2D eigenvalue weighted by Gasteiger charge is 2.40. The number of imide groups is 1. The van der Waals surface area contributed by atoms with Crippen LogP contribution in [0.1, 0.15) is 75.7 Å². The number of anilines is 1. The Labute approximate surface area is 407 Å². The molecule has 2 atom stereocenters. The fourth-order valence-corrected chi connectivity index (χ4v) is 9.45. The van der Waals surface area contributed by atoms with Gasteiger partial charge in [-0.3, -0.25) is 48.3 Å². The molecule has 0 spiro atoms. The van der Waals surface area contributed by atoms with Crippen molar-refractivity contribution < 1.29 is 38.2 Å². The predicted molar refractivity (Wildman–Crippen MR) is 263 cm³/mol. The van der Waals surface area contributed by atoms with Crippen LogP contribution in [0.4, 0.5) is 5.95 Å². The number of benzene rings is 2. The van der Waals surface area contributed by atoms with Gasteiger partial charge in [0.1, 0.15) is 28.4 Å². The summed E-state index contributed by atoms with van der Waals surface area (Å²) in [5, 5.41) is 13.7. The Bertz CT molecular complexity index is 3340. The number of imidazole rings is 1. The van der Waals surface area contributed by atoms with E-state index in [2.05, 4.69) is 20.1 Å². The summed E-state index contributed by atoms with van der Waals surface area (Å²) in [6.45, 7) is 10.1. The van der Waals surface area contributed by atoms with E-state index in [1.807, 2.05) is 55.1 Å². The molecule has 0 radical (unpaired) electrons. The third kappa shape index (κ3) is 9.29. The van der Waals surface area contributed by atoms with Gasteiger partial charge in [-0.25, -0.2) is 9.97 Å². The number of carbonyl (C=O) groups excluding carboxylic acids is 6. The number of fused-ring (bicyclic) bond motifs is 4. The van der Waals surface area contributed by atoms with Crippen LogP contribution in [0.25, 0.3) is 44.4 Å². The maximum Gasteiger partial charge on any atom is 0.276 e. The van der Waals surface area contributed by atoms with E-state index in [0.29, 0.717) is 84.3 Å². The molecule has 0 unspecified atom stereocenters. The molecule has 21 heteroatoms. The van der Waals surface area contributed by atoms with Crippen molar-refractivity contribution >= 4 is 74.4 Å². The molecule has 368 valence electrons. The number of carbonyl (C=O) groups is 6. The van der Waals surface area contributed by atoms with E-state index in [1.54, 1.807) is 49.2 Å². The van der Waals surface area contributed by atoms with E-state index in [9.17, 15) is 28.8 Å². The van der Waals surface area contributed by atoms with E-state index >= 15 is 0 Å². The summed E-state index contributed by atoms with van der Waals surface area (Å²) in [5.41, 5.74) is 18.0. The van der Waals surface area contributed by atoms with Gasteiger partial charge >= 0.3 is 0 Å². The molecule has 0 saturated heterocycles. The number of nitrogens with two attached hydrogens (primary N) is 2. The number of primary amides is 2. The number of nitrogens with one attached hydrogen (secondary N) is 1. The summed E-state index contributed by atoms with van der Waals surface area (Å²) in [4.78, 5) is 88.9. The number of pyridine rings is 1. The molecule has 0 bridgehead atoms. The van der Waals surface area contributed by atoms with Crippen molar-refractivity contribution in [2.75, 3.05) is 39.2 Å². The van der Waals surface area contributed by atoms with Crippen LogP contribution in [0.5, 0.6) is 11.5 Å². The Kier molecular flexibility index (Phi) is 12.9. The number of amides is 6. The van der Waals surface area contributed by atoms with Gasteiger partial charge in [-0.05, 0) is 101 Å². The molecule has 2 aliphatic rings. The molecule has 5 aromatic heterocycles. The molecule has 6 amide bonds. The Balaban J connectivity index is 1.04. The first-order valence-electron chi connectivity index (χ1n) is 23.5. The number of rotatable bonds is 20. The SMILES string of the molecule is CCn1nc(C)cc1C(=O)Nc1nc2cc(C(N)=O)cc(OCCCN(C)C(=O)CCN3C(=O)C=CC3=O)c2n1C[C@@H]1C[C@H]1Cn1c2nc(-c3cc(C)nn3CC)ccc2c2cc(C(N)=O)cc(OC)c21. The number of ether oxygens (including phenoxy) is 2. The summed E-state index contributed by atoms with van der Waals surface area (Å²) >= 11 is 0. The molecule has 21 nitrogen and oxygen atoms in total. The lowest BCUT2D eigenvalue weighted by atomic mass is 10.1. The van der Waals surface area contributed by atoms with Gasteiger partial charge in [-0.1, -0.05) is 0 Å². The molecule has 1 saturated carbocycles. The van der Waals surface area contributed by atoms with Crippen molar-refractivity contribution in [1.29, 1.82) is 0 Å². The largest absolute Gasteiger partial charge is 0.495 e. The number of hydrogen-bond acceptors (Lipinski definition) is 12. The molecular weight excluding hydrogens is 911 g/mol. The van der Waals surface area contributed by atoms with Crippen LogP contribution in [-0.4, -0.2) is 118 Å². The zero-order valence-electron chi connectivity index (χ0n) is 40.4. The third-order valence-corrected chi connectivity index (χ3v) is 13.2. The van der Waals surface area contributed by atoms with Crippen LogP contribution in [-0.2, 0) is 40.6 Å². The Morgan fingerprint density at radius 1 is 0.803 bits per heavy atom. The number of nitrogens with zero attached hydrogens (tertiary/aromatic N) is 10. The maximum absolute atomic E-state index is 14.0. The minimum absolute atomic E-state index is 0.0261. The van der Waals surface area contributed by atoms with Crippen molar-refractivity contribution in [1.82, 2.24) is 48.5 Å². The van der Waals surface area contributed by atoms with Gasteiger partial charge in [0.2, 0.25) is 23.7 Å². The number of methoxy groups -OCH3 is 1. The molecule has 9 rings (SSSR count). The van der Waals surface area contributed by atoms with Crippen molar-refractivity contribution in [3.05, 3.63) is 88.9 Å². The van der Waals surface area contributed by atoms with Gasteiger partial charge in [-0.15, -0.1) is 0 Å². The normalized spacial score (nSPS) is 15.4. The minimum Gasteiger partial charge on any atom is -0.495 e. The molecule has 6 heterocycles. The van der Waals surface area contributed by atoms with Crippen LogP contribution in [0, 0.1) is 25.7 Å². The Morgan fingerprint density at radius 2 is 1.46 bits per heavy atom. The van der Waals surface area contributed by atoms with Crippen LogP contribution in [0.3, 0.4) is 0 Å². The number of hydrogen-bond donors (Lipinski definition) is 3. The van der Waals surface area contributed by atoms with Crippen molar-refractivity contribution in [3.8, 4) is 22.9 Å². The van der Waals surface area contributed by atoms with Gasteiger partial charge in [-0.2, -0.15) is 10.2 Å². The quantitative estimate of drug-likeness (QED) is 0.0700. The minimum atomic E-state index is -0.701. The van der Waals surface area contributed by atoms with E-state index in [4.69, 9.17) is 30.9 Å². The highest BCUT2D eigenvalue weighted by molar-refractivity contribution is 6.13. The molecular formula is C50H55N13O8. The lowest BCUT2D eigenvalue weighted by Crippen LogP contribution is -2.36. The molecule has 1 aliphatic heterocycles. The summed E-state index contributed by atoms with van der Waals surface area (Å²) in [5.74, 6) is -1.71. The first kappa shape index (κ1) is 47.7. The summed E-state index contributed by atoms with van der Waals surface area (Å²) < 4.78 is 19.9. The van der Waals surface area contributed by atoms with Gasteiger partial charge < -0.3 is 35.0 Å². The zero-order valence-corrected chi connectivity index (χ0v) is 40.4. The second-order valence-electron chi connectivity index (χ2n) is 18.0. The zero-order chi connectivity index (χ0) is 50.4. The van der Waals surface area contributed by atoms with Gasteiger partial charge in [0, 0.05) is 86.8 Å². The average molecular weight is 966 g/mol. The smallest absolute Gasteiger partial charge is 0.276 e. The first-order chi connectivity index (χ1) is 34.1. The van der Waals surface area contributed by atoms with Crippen LogP contribution < -0.4 is 26.3 Å². The average Bonchev–Trinajstić information content (AvgIpc) is 3.74. The fourth-order valence-electron chi connectivity index (χ4n) is 9.45. The van der Waals surface area contributed by atoms with Crippen LogP contribution >= 0.6 is 0 Å². The van der Waals surface area contributed by atoms with Crippen LogP contribution in [0.15, 0.2) is 60.7 Å². The van der Waals surface area contributed by atoms with Crippen molar-refractivity contribution in [2.45, 2.75) is 73.1 Å². The standard InChI is InChI=1S/C50H55N13O8/c1-7-62-37(18-27(3)56-62)35-11-10-33-34-21-29(46(51)67)23-39(70-6)44(34)60(48(33)53-35)25-31-20-32(31)26-61-45-36(54-50(61)55-49(69)38-19-28(4)57-63(38)8-2)22-30(47(52)68)24-40(45)71-17-9-15-58(5)41(64)14-16-59-42(65)12-13-43(59)66/h10-13,18-19,21-24,31-32H,7-9,14-17,20,25-26H2,1-6H3,(H2,51,67)(H2,52,68)(H,54,55,69)/t31-,32-/m0/s1. The van der Waals surface area contributed by atoms with Gasteiger partial charge in [0.05, 0.1) is 47.5 Å². The van der Waals surface area contributed by atoms with Crippen molar-refractivity contribution in [3.63, 3.8) is 0 Å². The second-order valence-corrected chi connectivity index (χ2v) is 18.0. The number of aromatic nitrogens is 8. The molecule has 2 aromatic carbocycles. The lowest BCUT2D eigenvalue weighted by molar-refractivity contribution is -0.138. The number of aryl methyl sites for hydroxylation is 4. The van der Waals surface area contributed by atoms with E-state index < -0.39 is 29.5 Å².